The smallest absolute Gasteiger partial charge is 0.136 e. The quantitative estimate of drug-likeness (QED) is 0.870. The number of methoxy groups -OCH3 is 1. The van der Waals surface area contributed by atoms with Crippen molar-refractivity contribution in [1.82, 2.24) is 10.2 Å². The predicted molar refractivity (Wildman–Crippen MR) is 70.5 cm³/mol. The van der Waals surface area contributed by atoms with Crippen LogP contribution in [-0.2, 0) is 6.54 Å². The van der Waals surface area contributed by atoms with Crippen molar-refractivity contribution in [2.45, 2.75) is 19.0 Å². The van der Waals surface area contributed by atoms with Gasteiger partial charge in [-0.05, 0) is 37.7 Å². The average Bonchev–Trinajstić information content (AvgIpc) is 2.81. The Morgan fingerprint density at radius 2 is 2.39 bits per heavy atom. The minimum atomic E-state index is 0.566. The Kier molecular flexibility index (Phi) is 4.19. The molecule has 4 nitrogen and oxygen atoms in total. The number of nitrogens with one attached hydrogen (secondary N) is 1. The Balaban J connectivity index is 1.95. The zero-order valence-corrected chi connectivity index (χ0v) is 10.9. The third-order valence-corrected chi connectivity index (χ3v) is 3.37. The molecule has 4 heteroatoms. The highest BCUT2D eigenvalue weighted by molar-refractivity contribution is 5.45. The first-order chi connectivity index (χ1) is 8.72. The van der Waals surface area contributed by atoms with Crippen LogP contribution in [0.25, 0.3) is 0 Å². The van der Waals surface area contributed by atoms with Gasteiger partial charge in [0.05, 0.1) is 12.7 Å². The highest BCUT2D eigenvalue weighted by atomic mass is 16.5. The molecule has 1 aliphatic heterocycles. The van der Waals surface area contributed by atoms with Gasteiger partial charge in [-0.25, -0.2) is 0 Å². The van der Waals surface area contributed by atoms with Gasteiger partial charge >= 0.3 is 0 Å². The summed E-state index contributed by atoms with van der Waals surface area (Å²) in [6.45, 7) is 3.09. The monoisotopic (exact) mass is 245 g/mol. The van der Waals surface area contributed by atoms with E-state index >= 15 is 0 Å². The van der Waals surface area contributed by atoms with E-state index in [1.54, 1.807) is 7.11 Å². The fourth-order valence-corrected chi connectivity index (χ4v) is 2.30. The Morgan fingerprint density at radius 3 is 3.00 bits per heavy atom. The van der Waals surface area contributed by atoms with Crippen molar-refractivity contribution in [2.75, 3.05) is 27.2 Å². The van der Waals surface area contributed by atoms with E-state index in [2.05, 4.69) is 23.3 Å². The summed E-state index contributed by atoms with van der Waals surface area (Å²) in [5.74, 6) is 0.653. The van der Waals surface area contributed by atoms with Crippen LogP contribution in [-0.4, -0.2) is 38.2 Å². The van der Waals surface area contributed by atoms with Gasteiger partial charge < -0.3 is 15.0 Å². The molecule has 18 heavy (non-hydrogen) atoms. The van der Waals surface area contributed by atoms with Crippen LogP contribution in [0.1, 0.15) is 17.5 Å². The number of rotatable bonds is 4. The number of likely N-dealkylation sites (N-methyl/N-ethyl adjacent to an activating group) is 1. The third-order valence-electron chi connectivity index (χ3n) is 3.37. The van der Waals surface area contributed by atoms with Crippen LogP contribution in [0.4, 0.5) is 0 Å². The van der Waals surface area contributed by atoms with Gasteiger partial charge in [0.2, 0.25) is 0 Å². The minimum absolute atomic E-state index is 0.566. The molecule has 0 saturated carbocycles. The maximum atomic E-state index is 8.92. The number of hydrogen-bond acceptors (Lipinski definition) is 4. The number of nitriles is 1. The lowest BCUT2D eigenvalue weighted by Crippen LogP contribution is -2.30. The highest BCUT2D eigenvalue weighted by Gasteiger charge is 2.18. The Hall–Kier alpha value is -1.57. The molecule has 0 spiro atoms. The first-order valence-electron chi connectivity index (χ1n) is 6.22. The second kappa shape index (κ2) is 5.85. The highest BCUT2D eigenvalue weighted by Crippen LogP contribution is 2.19. The fourth-order valence-electron chi connectivity index (χ4n) is 2.30. The number of likely N-dealkylation sites (tertiary alicyclic amines) is 1. The molecule has 0 amide bonds. The van der Waals surface area contributed by atoms with E-state index in [4.69, 9.17) is 10.00 Å². The molecular formula is C14H19N3O. The molecule has 1 atom stereocenters. The summed E-state index contributed by atoms with van der Waals surface area (Å²) in [7, 11) is 3.74. The van der Waals surface area contributed by atoms with Crippen LogP contribution in [0.3, 0.4) is 0 Å². The van der Waals surface area contributed by atoms with Crippen molar-refractivity contribution >= 4 is 0 Å². The molecule has 1 unspecified atom stereocenters. The van der Waals surface area contributed by atoms with Crippen LogP contribution in [0.15, 0.2) is 18.2 Å². The SMILES string of the molecule is COc1cc(CNC2CCN(C)C2)ccc1C#N. The Labute approximate surface area is 108 Å². The molecule has 0 aromatic heterocycles. The largest absolute Gasteiger partial charge is 0.495 e. The number of hydrogen-bond donors (Lipinski definition) is 1. The van der Waals surface area contributed by atoms with E-state index in [-0.39, 0.29) is 0 Å². The van der Waals surface area contributed by atoms with Crippen molar-refractivity contribution in [3.63, 3.8) is 0 Å². The molecule has 1 aromatic rings. The Bertz CT molecular complexity index is 453. The Morgan fingerprint density at radius 1 is 1.56 bits per heavy atom. The van der Waals surface area contributed by atoms with Gasteiger partial charge in [-0.15, -0.1) is 0 Å². The average molecular weight is 245 g/mol. The van der Waals surface area contributed by atoms with Crippen LogP contribution in [0.5, 0.6) is 5.75 Å². The standard InChI is InChI=1S/C14H19N3O/c1-17-6-5-13(10-17)16-9-11-3-4-12(8-15)14(7-11)18-2/h3-4,7,13,16H,5-6,9-10H2,1-2H3. The second-order valence-corrected chi connectivity index (χ2v) is 4.78. The van der Waals surface area contributed by atoms with E-state index in [1.165, 1.54) is 6.42 Å². The molecular weight excluding hydrogens is 226 g/mol. The molecule has 96 valence electrons. The maximum Gasteiger partial charge on any atom is 0.136 e. The molecule has 1 aliphatic rings. The van der Waals surface area contributed by atoms with E-state index in [9.17, 15) is 0 Å². The lowest BCUT2D eigenvalue weighted by atomic mass is 10.1. The molecule has 0 radical (unpaired) electrons. The lowest BCUT2D eigenvalue weighted by molar-refractivity contribution is 0.397. The van der Waals surface area contributed by atoms with Gasteiger partial charge in [-0.2, -0.15) is 5.26 Å². The van der Waals surface area contributed by atoms with Gasteiger partial charge in [0.25, 0.3) is 0 Å². The number of benzene rings is 1. The summed E-state index contributed by atoms with van der Waals surface area (Å²) in [4.78, 5) is 2.33. The van der Waals surface area contributed by atoms with Crippen molar-refractivity contribution in [3.8, 4) is 11.8 Å². The first kappa shape index (κ1) is 12.9. The molecule has 0 bridgehead atoms. The normalized spacial score (nSPS) is 19.7. The summed E-state index contributed by atoms with van der Waals surface area (Å²) < 4.78 is 5.21. The zero-order valence-electron chi connectivity index (χ0n) is 10.9. The summed E-state index contributed by atoms with van der Waals surface area (Å²) in [5, 5.41) is 12.5. The van der Waals surface area contributed by atoms with Crippen molar-refractivity contribution < 1.29 is 4.74 Å². The fraction of sp³-hybridized carbons (Fsp3) is 0.500. The van der Waals surface area contributed by atoms with Crippen molar-refractivity contribution in [1.29, 1.82) is 5.26 Å². The summed E-state index contributed by atoms with van der Waals surface area (Å²) in [5.41, 5.74) is 1.74. The second-order valence-electron chi connectivity index (χ2n) is 4.78. The zero-order chi connectivity index (χ0) is 13.0. The summed E-state index contributed by atoms with van der Waals surface area (Å²) >= 11 is 0. The molecule has 2 rings (SSSR count). The number of ether oxygens (including phenoxy) is 1. The first-order valence-corrected chi connectivity index (χ1v) is 6.22. The molecule has 1 fully saturated rings. The van der Waals surface area contributed by atoms with Crippen LogP contribution < -0.4 is 10.1 Å². The molecule has 1 saturated heterocycles. The van der Waals surface area contributed by atoms with Gasteiger partial charge in [-0.3, -0.25) is 0 Å². The topological polar surface area (TPSA) is 48.3 Å². The van der Waals surface area contributed by atoms with Crippen LogP contribution in [0, 0.1) is 11.3 Å². The minimum Gasteiger partial charge on any atom is -0.495 e. The predicted octanol–water partition coefficient (Wildman–Crippen LogP) is 1.36. The summed E-state index contributed by atoms with van der Waals surface area (Å²) in [6, 6.07) is 8.42. The van der Waals surface area contributed by atoms with E-state index in [0.29, 0.717) is 17.4 Å². The molecule has 1 heterocycles. The van der Waals surface area contributed by atoms with Crippen LogP contribution in [0.2, 0.25) is 0 Å². The lowest BCUT2D eigenvalue weighted by Gasteiger charge is -2.13. The van der Waals surface area contributed by atoms with Crippen molar-refractivity contribution in [3.05, 3.63) is 29.3 Å². The molecule has 1 aromatic carbocycles. The van der Waals surface area contributed by atoms with Crippen molar-refractivity contribution in [2.24, 2.45) is 0 Å². The van der Waals surface area contributed by atoms with Gasteiger partial charge in [0, 0.05) is 19.1 Å². The van der Waals surface area contributed by atoms with Gasteiger partial charge in [-0.1, -0.05) is 6.07 Å². The van der Waals surface area contributed by atoms with Gasteiger partial charge in [0.15, 0.2) is 0 Å². The van der Waals surface area contributed by atoms with Gasteiger partial charge in [0.1, 0.15) is 11.8 Å². The molecule has 0 aliphatic carbocycles. The molecule has 1 N–H and O–H groups in total. The number of nitrogens with zero attached hydrogens (tertiary/aromatic N) is 2. The van der Waals surface area contributed by atoms with Crippen LogP contribution >= 0.6 is 0 Å². The van der Waals surface area contributed by atoms with E-state index in [0.717, 1.165) is 25.2 Å². The summed E-state index contributed by atoms with van der Waals surface area (Å²) in [6.07, 6.45) is 1.20. The maximum absolute atomic E-state index is 8.92. The van der Waals surface area contributed by atoms with E-state index in [1.807, 2.05) is 18.2 Å². The van der Waals surface area contributed by atoms with E-state index < -0.39 is 0 Å². The third kappa shape index (κ3) is 3.00.